The number of likely N-dealkylation sites (tertiary alicyclic amines) is 1. The summed E-state index contributed by atoms with van der Waals surface area (Å²) in [5, 5.41) is 7.74. The molecular weight excluding hydrogens is 637 g/mol. The number of methoxy groups -OCH3 is 1. The van der Waals surface area contributed by atoms with Gasteiger partial charge in [-0.25, -0.2) is 4.39 Å². The molecule has 2 aliphatic rings. The van der Waals surface area contributed by atoms with Crippen molar-refractivity contribution < 1.29 is 31.6 Å². The summed E-state index contributed by atoms with van der Waals surface area (Å²) in [5.74, 6) is 6.48. The Kier molecular flexibility index (Phi) is 11.3. The summed E-state index contributed by atoms with van der Waals surface area (Å²) in [7, 11) is -0.956. The maximum absolute atomic E-state index is 15.4. The average molecular weight is 680 g/mol. The summed E-state index contributed by atoms with van der Waals surface area (Å²) in [6.45, 7) is 6.47. The molecule has 2 N–H and O–H groups in total. The zero-order valence-corrected chi connectivity index (χ0v) is 28.2. The molecule has 0 radical (unpaired) electrons. The van der Waals surface area contributed by atoms with Gasteiger partial charge < -0.3 is 24.7 Å². The van der Waals surface area contributed by atoms with Crippen LogP contribution in [0, 0.1) is 11.8 Å². The van der Waals surface area contributed by atoms with Crippen molar-refractivity contribution in [2.45, 2.75) is 64.0 Å². The van der Waals surface area contributed by atoms with Crippen LogP contribution in [-0.4, -0.2) is 81.6 Å². The van der Waals surface area contributed by atoms with Gasteiger partial charge in [0, 0.05) is 50.0 Å². The normalized spacial score (nSPS) is 19.9. The van der Waals surface area contributed by atoms with Crippen molar-refractivity contribution in [2.24, 2.45) is 0 Å². The van der Waals surface area contributed by atoms with Gasteiger partial charge >= 0.3 is 6.18 Å². The van der Waals surface area contributed by atoms with Crippen molar-refractivity contribution >= 4 is 45.2 Å². The van der Waals surface area contributed by atoms with E-state index in [9.17, 15) is 17.7 Å². The fourth-order valence-electron chi connectivity index (χ4n) is 6.37. The second-order valence-electron chi connectivity index (χ2n) is 11.8. The van der Waals surface area contributed by atoms with E-state index >= 15 is 4.39 Å². The van der Waals surface area contributed by atoms with Crippen molar-refractivity contribution in [3.05, 3.63) is 46.8 Å². The molecule has 0 amide bonds. The third-order valence-electron chi connectivity index (χ3n) is 9.06. The lowest BCUT2D eigenvalue weighted by molar-refractivity contribution is -0.126. The Balaban J connectivity index is 1.34. The van der Waals surface area contributed by atoms with Crippen LogP contribution in [0.3, 0.4) is 0 Å². The molecule has 46 heavy (non-hydrogen) atoms. The SMILES string of the molecule is CCP(=O)(CC)c1ccc(NCC#Cc2sc3c(NC4CCN(C5CCOCC5)CC4F)cccc3c2CC(F)(F)F)c(OC)c1. The van der Waals surface area contributed by atoms with Crippen molar-refractivity contribution in [1.82, 2.24) is 4.90 Å². The van der Waals surface area contributed by atoms with E-state index in [1.165, 1.54) is 18.4 Å². The van der Waals surface area contributed by atoms with Crippen molar-refractivity contribution in [3.8, 4) is 17.6 Å². The molecule has 3 aromatic rings. The Morgan fingerprint density at radius 1 is 1.11 bits per heavy atom. The Morgan fingerprint density at radius 3 is 2.54 bits per heavy atom. The second kappa shape index (κ2) is 15.0. The van der Waals surface area contributed by atoms with Crippen LogP contribution in [0.5, 0.6) is 5.75 Å². The molecule has 2 fully saturated rings. The molecule has 0 spiro atoms. The van der Waals surface area contributed by atoms with Crippen LogP contribution in [0.4, 0.5) is 28.9 Å². The minimum absolute atomic E-state index is 0.131. The molecule has 2 saturated heterocycles. The zero-order valence-electron chi connectivity index (χ0n) is 26.5. The predicted octanol–water partition coefficient (Wildman–Crippen LogP) is 7.51. The smallest absolute Gasteiger partial charge is 0.393 e. The largest absolute Gasteiger partial charge is 0.495 e. The molecular formula is C34H42F4N3O3PS. The highest BCUT2D eigenvalue weighted by Gasteiger charge is 2.34. The highest BCUT2D eigenvalue weighted by Crippen LogP contribution is 2.45. The topological polar surface area (TPSA) is 62.8 Å². The molecule has 6 nitrogen and oxygen atoms in total. The van der Waals surface area contributed by atoms with Gasteiger partial charge in [-0.15, -0.1) is 11.3 Å². The van der Waals surface area contributed by atoms with Crippen LogP contribution in [0.1, 0.15) is 43.6 Å². The van der Waals surface area contributed by atoms with E-state index < -0.39 is 32.0 Å². The minimum Gasteiger partial charge on any atom is -0.495 e. The summed E-state index contributed by atoms with van der Waals surface area (Å²) in [6, 6.07) is 10.5. The highest BCUT2D eigenvalue weighted by atomic mass is 32.1. The van der Waals surface area contributed by atoms with Crippen molar-refractivity contribution in [1.29, 1.82) is 0 Å². The number of halogens is 4. The lowest BCUT2D eigenvalue weighted by Gasteiger charge is -2.41. The minimum atomic E-state index is -4.42. The number of rotatable bonds is 10. The molecule has 2 aromatic carbocycles. The Morgan fingerprint density at radius 2 is 1.87 bits per heavy atom. The van der Waals surface area contributed by atoms with Gasteiger partial charge in [-0.2, -0.15) is 13.2 Å². The summed E-state index contributed by atoms with van der Waals surface area (Å²) in [6.07, 6.45) is -3.10. The third kappa shape index (κ3) is 8.02. The number of fused-ring (bicyclic) bond motifs is 1. The monoisotopic (exact) mass is 679 g/mol. The fraction of sp³-hybridized carbons (Fsp3) is 0.529. The molecule has 3 heterocycles. The predicted molar refractivity (Wildman–Crippen MR) is 181 cm³/mol. The summed E-state index contributed by atoms with van der Waals surface area (Å²) >= 11 is 1.20. The number of hydrogen-bond acceptors (Lipinski definition) is 7. The highest BCUT2D eigenvalue weighted by molar-refractivity contribution is 7.71. The standard InChI is InChI=1S/C34H42F4N3O3PS/c1-4-45(42,5-2)24-11-12-29(31(20-24)43-3)39-16-7-10-32-26(21-34(36,37)38)25-8-6-9-30(33(25)46-32)40-28-13-17-41(22-27(28)35)23-14-18-44-19-15-23/h6,8-9,11-12,20,23,27-28,39-40H,4-5,13-19,21-22H2,1-3H3. The van der Waals surface area contributed by atoms with Gasteiger partial charge in [0.1, 0.15) is 19.1 Å². The summed E-state index contributed by atoms with van der Waals surface area (Å²) < 4.78 is 81.4. The van der Waals surface area contributed by atoms with Crippen molar-refractivity contribution in [3.63, 3.8) is 0 Å². The maximum atomic E-state index is 15.4. The summed E-state index contributed by atoms with van der Waals surface area (Å²) in [4.78, 5) is 2.54. The number of ether oxygens (including phenoxy) is 2. The van der Waals surface area contributed by atoms with E-state index in [4.69, 9.17) is 9.47 Å². The number of alkyl halides is 4. The van der Waals surface area contributed by atoms with Crippen LogP contribution in [0.2, 0.25) is 0 Å². The number of thiophene rings is 1. The first-order valence-electron chi connectivity index (χ1n) is 15.9. The quantitative estimate of drug-likeness (QED) is 0.132. The Hall–Kier alpha value is -2.77. The average Bonchev–Trinajstić information content (AvgIpc) is 3.40. The first-order chi connectivity index (χ1) is 22.0. The molecule has 0 saturated carbocycles. The molecule has 1 aromatic heterocycles. The molecule has 250 valence electrons. The Bertz CT molecular complexity index is 1600. The summed E-state index contributed by atoms with van der Waals surface area (Å²) in [5.41, 5.74) is 1.42. The van der Waals surface area contributed by atoms with Gasteiger partial charge in [-0.05, 0) is 54.5 Å². The fourth-order valence-corrected chi connectivity index (χ4v) is 9.41. The molecule has 2 aliphatic heterocycles. The molecule has 0 bridgehead atoms. The van der Waals surface area contributed by atoms with Gasteiger partial charge in [0.15, 0.2) is 0 Å². The van der Waals surface area contributed by atoms with E-state index in [-0.39, 0.29) is 12.1 Å². The van der Waals surface area contributed by atoms with E-state index in [1.807, 2.05) is 19.9 Å². The number of nitrogens with zero attached hydrogens (tertiary/aromatic N) is 1. The molecule has 0 aliphatic carbocycles. The second-order valence-corrected chi connectivity index (χ2v) is 16.4. The van der Waals surface area contributed by atoms with Crippen LogP contribution < -0.4 is 20.7 Å². The maximum Gasteiger partial charge on any atom is 0.393 e. The van der Waals surface area contributed by atoms with E-state index in [0.717, 1.165) is 24.7 Å². The van der Waals surface area contributed by atoms with Gasteiger partial charge in [0.2, 0.25) is 0 Å². The van der Waals surface area contributed by atoms with Gasteiger partial charge in [-0.3, -0.25) is 4.90 Å². The van der Waals surface area contributed by atoms with Crippen LogP contribution in [-0.2, 0) is 15.7 Å². The lowest BCUT2D eigenvalue weighted by atomic mass is 9.98. The zero-order chi connectivity index (χ0) is 32.9. The number of nitrogens with one attached hydrogen (secondary N) is 2. The number of anilines is 2. The van der Waals surface area contributed by atoms with E-state index in [1.54, 1.807) is 30.3 Å². The number of hydrogen-bond donors (Lipinski definition) is 2. The first kappa shape index (κ1) is 34.6. The van der Waals surface area contributed by atoms with Gasteiger partial charge in [0.05, 0.1) is 47.1 Å². The number of benzene rings is 2. The van der Waals surface area contributed by atoms with Crippen LogP contribution >= 0.6 is 18.5 Å². The van der Waals surface area contributed by atoms with Gasteiger partial charge in [-0.1, -0.05) is 37.8 Å². The van der Waals surface area contributed by atoms with Gasteiger partial charge in [0.25, 0.3) is 0 Å². The third-order valence-corrected chi connectivity index (χ3v) is 13.5. The van der Waals surface area contributed by atoms with E-state index in [2.05, 4.69) is 27.4 Å². The van der Waals surface area contributed by atoms with Crippen LogP contribution in [0.15, 0.2) is 36.4 Å². The number of piperidine rings is 1. The molecule has 5 rings (SSSR count). The van der Waals surface area contributed by atoms with E-state index in [0.29, 0.717) is 76.6 Å². The molecule has 12 heteroatoms. The lowest BCUT2D eigenvalue weighted by Crippen LogP contribution is -2.52. The molecule has 2 unspecified atom stereocenters. The Labute approximate surface area is 272 Å². The van der Waals surface area contributed by atoms with Crippen molar-refractivity contribution in [2.75, 3.05) is 62.9 Å². The van der Waals surface area contributed by atoms with Crippen LogP contribution in [0.25, 0.3) is 10.1 Å². The first-order valence-corrected chi connectivity index (χ1v) is 18.8. The molecule has 2 atom stereocenters.